The Balaban J connectivity index is 2.20. The van der Waals surface area contributed by atoms with E-state index >= 15 is 0 Å². The maximum atomic E-state index is 5.28. The lowest BCUT2D eigenvalue weighted by Crippen LogP contribution is -2.21. The van der Waals surface area contributed by atoms with Gasteiger partial charge in [0.05, 0.1) is 12.7 Å². The number of rotatable bonds is 5. The minimum Gasteiger partial charge on any atom is -0.382 e. The van der Waals surface area contributed by atoms with Crippen LogP contribution in [0.5, 0.6) is 0 Å². The van der Waals surface area contributed by atoms with Crippen molar-refractivity contribution in [3.8, 4) is 0 Å². The molecule has 0 unspecified atom stereocenters. The minimum atomic E-state index is 0.291. The van der Waals surface area contributed by atoms with Gasteiger partial charge in [0.2, 0.25) is 0 Å². The van der Waals surface area contributed by atoms with Crippen LogP contribution in [0.3, 0.4) is 0 Å². The van der Waals surface area contributed by atoms with Crippen LogP contribution < -0.4 is 0 Å². The first kappa shape index (κ1) is 9.74. The molecule has 0 aromatic rings. The summed E-state index contributed by atoms with van der Waals surface area (Å²) < 4.78 is 10.9. The third-order valence-electron chi connectivity index (χ3n) is 2.07. The van der Waals surface area contributed by atoms with Crippen molar-refractivity contribution in [2.24, 2.45) is 0 Å². The predicted molar refractivity (Wildman–Crippen MR) is 53.3 cm³/mol. The van der Waals surface area contributed by atoms with Crippen molar-refractivity contribution in [3.63, 3.8) is 0 Å². The molecule has 0 heterocycles. The van der Waals surface area contributed by atoms with E-state index in [9.17, 15) is 0 Å². The molecule has 0 saturated heterocycles. The van der Waals surface area contributed by atoms with E-state index in [1.54, 1.807) is 14.2 Å². The van der Waals surface area contributed by atoms with Gasteiger partial charge in [0.15, 0.2) is 0 Å². The number of alkyl halides is 1. The molecule has 0 bridgehead atoms. The van der Waals surface area contributed by atoms with Crippen LogP contribution >= 0.6 is 22.6 Å². The zero-order valence-corrected chi connectivity index (χ0v) is 9.26. The third kappa shape index (κ3) is 3.25. The third-order valence-corrected chi connectivity index (χ3v) is 3.59. The molecule has 0 amide bonds. The highest BCUT2D eigenvalue weighted by molar-refractivity contribution is 14.1. The Hall–Kier alpha value is 0.650. The highest BCUT2D eigenvalue weighted by Crippen LogP contribution is 2.48. The van der Waals surface area contributed by atoms with Crippen LogP contribution in [0.25, 0.3) is 0 Å². The largest absolute Gasteiger partial charge is 0.382 e. The van der Waals surface area contributed by atoms with Gasteiger partial charge in [-0.2, -0.15) is 0 Å². The summed E-state index contributed by atoms with van der Waals surface area (Å²) in [6, 6.07) is 0. The van der Waals surface area contributed by atoms with Crippen molar-refractivity contribution >= 4 is 22.6 Å². The first-order valence-corrected chi connectivity index (χ1v) is 4.99. The second-order valence-electron chi connectivity index (χ2n) is 3.17. The van der Waals surface area contributed by atoms with Gasteiger partial charge in [-0.1, -0.05) is 22.6 Å². The highest BCUT2D eigenvalue weighted by Gasteiger charge is 2.41. The van der Waals surface area contributed by atoms with E-state index in [2.05, 4.69) is 22.6 Å². The summed E-state index contributed by atoms with van der Waals surface area (Å²) in [5.41, 5.74) is 0. The standard InChI is InChI=1S/C8H15IO2/c1-10-6-7(11-2)5-8(9)3-4-8/h7H,3-6H2,1-2H3/t7-/m1/s1. The Kier molecular flexibility index (Phi) is 3.58. The number of ether oxygens (including phenoxy) is 2. The van der Waals surface area contributed by atoms with Gasteiger partial charge < -0.3 is 9.47 Å². The summed E-state index contributed by atoms with van der Waals surface area (Å²) in [7, 11) is 3.48. The number of halogens is 1. The monoisotopic (exact) mass is 270 g/mol. The summed E-state index contributed by atoms with van der Waals surface area (Å²) >= 11 is 2.53. The van der Waals surface area contributed by atoms with E-state index < -0.39 is 0 Å². The van der Waals surface area contributed by atoms with Gasteiger partial charge in [0, 0.05) is 17.6 Å². The lowest BCUT2D eigenvalue weighted by molar-refractivity contribution is 0.0230. The first-order chi connectivity index (χ1) is 5.20. The zero-order valence-electron chi connectivity index (χ0n) is 7.10. The quantitative estimate of drug-likeness (QED) is 0.562. The summed E-state index contributed by atoms with van der Waals surface area (Å²) in [6.45, 7) is 0.723. The SMILES string of the molecule is COC[C@@H](CC1(I)CC1)OC. The Bertz CT molecular complexity index is 123. The summed E-state index contributed by atoms with van der Waals surface area (Å²) in [6.07, 6.45) is 4.12. The van der Waals surface area contributed by atoms with E-state index in [0.29, 0.717) is 9.53 Å². The lowest BCUT2D eigenvalue weighted by Gasteiger charge is -2.16. The van der Waals surface area contributed by atoms with Crippen LogP contribution in [0.2, 0.25) is 0 Å². The van der Waals surface area contributed by atoms with E-state index in [4.69, 9.17) is 9.47 Å². The molecule has 0 N–H and O–H groups in total. The molecular formula is C8H15IO2. The molecule has 0 radical (unpaired) electrons. The molecule has 0 aromatic carbocycles. The van der Waals surface area contributed by atoms with Crippen molar-refractivity contribution < 1.29 is 9.47 Å². The second-order valence-corrected chi connectivity index (χ2v) is 5.46. The van der Waals surface area contributed by atoms with Crippen LogP contribution in [-0.2, 0) is 9.47 Å². The van der Waals surface area contributed by atoms with Gasteiger partial charge in [-0.25, -0.2) is 0 Å². The summed E-state index contributed by atoms with van der Waals surface area (Å²) in [5, 5.41) is 0. The fourth-order valence-electron chi connectivity index (χ4n) is 1.14. The maximum absolute atomic E-state index is 5.28. The molecule has 0 aromatic heterocycles. The summed E-state index contributed by atoms with van der Waals surface area (Å²) in [5.74, 6) is 0. The van der Waals surface area contributed by atoms with E-state index in [-0.39, 0.29) is 0 Å². The smallest absolute Gasteiger partial charge is 0.0817 e. The molecule has 11 heavy (non-hydrogen) atoms. The molecule has 0 aliphatic heterocycles. The Morgan fingerprint density at radius 1 is 1.45 bits per heavy atom. The van der Waals surface area contributed by atoms with Crippen LogP contribution in [0.15, 0.2) is 0 Å². The molecule has 1 atom stereocenters. The van der Waals surface area contributed by atoms with Crippen molar-refractivity contribution in [2.45, 2.75) is 28.8 Å². The molecule has 1 aliphatic rings. The van der Waals surface area contributed by atoms with Gasteiger partial charge in [-0.05, 0) is 19.3 Å². The van der Waals surface area contributed by atoms with E-state index in [1.165, 1.54) is 12.8 Å². The van der Waals surface area contributed by atoms with Gasteiger partial charge in [0.1, 0.15) is 0 Å². The molecular weight excluding hydrogens is 255 g/mol. The van der Waals surface area contributed by atoms with Gasteiger partial charge in [0.25, 0.3) is 0 Å². The molecule has 66 valence electrons. The molecule has 2 nitrogen and oxygen atoms in total. The Morgan fingerprint density at radius 2 is 2.09 bits per heavy atom. The van der Waals surface area contributed by atoms with Gasteiger partial charge in [-0.15, -0.1) is 0 Å². The van der Waals surface area contributed by atoms with Crippen molar-refractivity contribution in [2.75, 3.05) is 20.8 Å². The van der Waals surface area contributed by atoms with Gasteiger partial charge >= 0.3 is 0 Å². The average Bonchev–Trinajstić information content (AvgIpc) is 2.68. The highest BCUT2D eigenvalue weighted by atomic mass is 127. The average molecular weight is 270 g/mol. The Labute approximate surface area is 81.8 Å². The number of hydrogen-bond acceptors (Lipinski definition) is 2. The Morgan fingerprint density at radius 3 is 2.45 bits per heavy atom. The molecule has 1 aliphatic carbocycles. The van der Waals surface area contributed by atoms with Crippen LogP contribution in [-0.4, -0.2) is 30.4 Å². The second kappa shape index (κ2) is 4.05. The maximum Gasteiger partial charge on any atom is 0.0817 e. The van der Waals surface area contributed by atoms with Crippen molar-refractivity contribution in [1.82, 2.24) is 0 Å². The molecule has 0 spiro atoms. The minimum absolute atomic E-state index is 0.291. The fourth-order valence-corrected chi connectivity index (χ4v) is 1.90. The molecule has 1 saturated carbocycles. The fraction of sp³-hybridized carbons (Fsp3) is 1.00. The van der Waals surface area contributed by atoms with Gasteiger partial charge in [-0.3, -0.25) is 0 Å². The lowest BCUT2D eigenvalue weighted by atomic mass is 10.2. The molecule has 1 rings (SSSR count). The number of hydrogen-bond donors (Lipinski definition) is 0. The number of methoxy groups -OCH3 is 2. The topological polar surface area (TPSA) is 18.5 Å². The predicted octanol–water partition coefficient (Wildman–Crippen LogP) is 2.01. The van der Waals surface area contributed by atoms with Crippen LogP contribution in [0, 0.1) is 0 Å². The normalized spacial score (nSPS) is 23.2. The summed E-state index contributed by atoms with van der Waals surface area (Å²) in [4.78, 5) is 0. The molecule has 3 heteroatoms. The zero-order chi connectivity index (χ0) is 8.32. The van der Waals surface area contributed by atoms with Crippen LogP contribution in [0.4, 0.5) is 0 Å². The van der Waals surface area contributed by atoms with Crippen LogP contribution in [0.1, 0.15) is 19.3 Å². The van der Waals surface area contributed by atoms with E-state index in [1.807, 2.05) is 0 Å². The van der Waals surface area contributed by atoms with Crippen molar-refractivity contribution in [1.29, 1.82) is 0 Å². The first-order valence-electron chi connectivity index (χ1n) is 3.91. The van der Waals surface area contributed by atoms with E-state index in [0.717, 1.165) is 13.0 Å². The van der Waals surface area contributed by atoms with Crippen molar-refractivity contribution in [3.05, 3.63) is 0 Å². The molecule has 1 fully saturated rings.